The minimum absolute atomic E-state index is 0.0929. The summed E-state index contributed by atoms with van der Waals surface area (Å²) in [7, 11) is 0. The summed E-state index contributed by atoms with van der Waals surface area (Å²) < 4.78 is 11.4. The third-order valence-corrected chi connectivity index (χ3v) is 4.25. The molecule has 0 spiro atoms. The molecule has 2 rings (SSSR count). The molecule has 2 atom stereocenters. The molecule has 1 amide bonds. The molecule has 0 radical (unpaired) electrons. The van der Waals surface area contributed by atoms with Crippen LogP contribution < -0.4 is 14.8 Å². The molecular formula is C19H27NO5. The Morgan fingerprint density at radius 2 is 1.80 bits per heavy atom. The van der Waals surface area contributed by atoms with Gasteiger partial charge in [-0.1, -0.05) is 13.8 Å². The average molecular weight is 349 g/mol. The van der Waals surface area contributed by atoms with E-state index < -0.39 is 5.97 Å². The molecule has 1 aromatic rings. The van der Waals surface area contributed by atoms with Gasteiger partial charge in [0.1, 0.15) is 0 Å². The van der Waals surface area contributed by atoms with Gasteiger partial charge in [-0.25, -0.2) is 0 Å². The topological polar surface area (TPSA) is 84.9 Å². The highest BCUT2D eigenvalue weighted by atomic mass is 16.5. The minimum Gasteiger partial charge on any atom is -0.490 e. The molecule has 1 fully saturated rings. The molecular weight excluding hydrogens is 322 g/mol. The first kappa shape index (κ1) is 19.1. The van der Waals surface area contributed by atoms with Crippen molar-refractivity contribution in [3.05, 3.63) is 23.8 Å². The quantitative estimate of drug-likeness (QED) is 0.715. The predicted octanol–water partition coefficient (Wildman–Crippen LogP) is 3.25. The average Bonchev–Trinajstić information content (AvgIpc) is 3.07. The summed E-state index contributed by atoms with van der Waals surface area (Å²) in [6, 6.07) is 5.07. The van der Waals surface area contributed by atoms with Crippen LogP contribution in [0, 0.1) is 5.92 Å². The van der Waals surface area contributed by atoms with Gasteiger partial charge in [0.15, 0.2) is 11.5 Å². The van der Waals surface area contributed by atoms with Crippen LogP contribution in [0.1, 0.15) is 56.3 Å². The Hall–Kier alpha value is -2.24. The second-order valence-electron chi connectivity index (χ2n) is 6.38. The summed E-state index contributed by atoms with van der Waals surface area (Å²) >= 11 is 0. The normalized spacial score (nSPS) is 19.4. The molecule has 138 valence electrons. The van der Waals surface area contributed by atoms with Crippen molar-refractivity contribution in [2.75, 3.05) is 13.2 Å². The van der Waals surface area contributed by atoms with E-state index >= 15 is 0 Å². The smallest absolute Gasteiger partial charge is 0.306 e. The lowest BCUT2D eigenvalue weighted by atomic mass is 10.1. The molecule has 25 heavy (non-hydrogen) atoms. The third kappa shape index (κ3) is 5.37. The van der Waals surface area contributed by atoms with E-state index in [1.54, 1.807) is 18.2 Å². The van der Waals surface area contributed by atoms with Crippen LogP contribution in [0.2, 0.25) is 0 Å². The maximum Gasteiger partial charge on any atom is 0.306 e. The first-order chi connectivity index (χ1) is 12.0. The van der Waals surface area contributed by atoms with Gasteiger partial charge in [0, 0.05) is 11.6 Å². The maximum absolute atomic E-state index is 12.5. The molecule has 0 aliphatic heterocycles. The maximum atomic E-state index is 12.5. The number of aliphatic carboxylic acids is 1. The Labute approximate surface area is 148 Å². The molecule has 1 aliphatic rings. The van der Waals surface area contributed by atoms with Gasteiger partial charge in [-0.15, -0.1) is 0 Å². The number of hydrogen-bond donors (Lipinski definition) is 2. The lowest BCUT2D eigenvalue weighted by molar-refractivity contribution is -0.141. The van der Waals surface area contributed by atoms with Gasteiger partial charge in [-0.3, -0.25) is 9.59 Å². The van der Waals surface area contributed by atoms with Crippen LogP contribution in [-0.2, 0) is 4.79 Å². The van der Waals surface area contributed by atoms with Gasteiger partial charge in [-0.05, 0) is 50.3 Å². The van der Waals surface area contributed by atoms with Crippen molar-refractivity contribution in [1.29, 1.82) is 0 Å². The van der Waals surface area contributed by atoms with E-state index in [0.717, 1.165) is 12.8 Å². The SMILES string of the molecule is CCCOc1ccc(C(=O)N[C@@H]2CC[C@H](C(=O)O)C2)cc1OCCC. The van der Waals surface area contributed by atoms with Crippen molar-refractivity contribution in [3.63, 3.8) is 0 Å². The second-order valence-corrected chi connectivity index (χ2v) is 6.38. The molecule has 6 nitrogen and oxygen atoms in total. The van der Waals surface area contributed by atoms with Crippen molar-refractivity contribution < 1.29 is 24.2 Å². The van der Waals surface area contributed by atoms with Crippen LogP contribution in [0.5, 0.6) is 11.5 Å². The van der Waals surface area contributed by atoms with E-state index in [0.29, 0.717) is 49.5 Å². The number of benzene rings is 1. The first-order valence-electron chi connectivity index (χ1n) is 8.98. The van der Waals surface area contributed by atoms with Gasteiger partial charge in [0.05, 0.1) is 19.1 Å². The van der Waals surface area contributed by atoms with E-state index in [-0.39, 0.29) is 17.9 Å². The number of ether oxygens (including phenoxy) is 2. The molecule has 6 heteroatoms. The summed E-state index contributed by atoms with van der Waals surface area (Å²) in [4.78, 5) is 23.5. The number of rotatable bonds is 9. The monoisotopic (exact) mass is 349 g/mol. The highest BCUT2D eigenvalue weighted by Crippen LogP contribution is 2.30. The molecule has 1 saturated carbocycles. The van der Waals surface area contributed by atoms with Crippen LogP contribution in [0.25, 0.3) is 0 Å². The number of carbonyl (C=O) groups excluding carboxylic acids is 1. The van der Waals surface area contributed by atoms with Gasteiger partial charge in [0.2, 0.25) is 0 Å². The predicted molar refractivity (Wildman–Crippen MR) is 94.2 cm³/mol. The van der Waals surface area contributed by atoms with Crippen LogP contribution in [0.15, 0.2) is 18.2 Å². The number of hydrogen-bond acceptors (Lipinski definition) is 4. The summed E-state index contributed by atoms with van der Waals surface area (Å²) in [5.41, 5.74) is 0.494. The van der Waals surface area contributed by atoms with Gasteiger partial charge in [-0.2, -0.15) is 0 Å². The van der Waals surface area contributed by atoms with Crippen molar-refractivity contribution in [2.45, 2.75) is 52.0 Å². The fourth-order valence-corrected chi connectivity index (χ4v) is 2.91. The molecule has 2 N–H and O–H groups in total. The van der Waals surface area contributed by atoms with Gasteiger partial charge < -0.3 is 19.9 Å². The summed E-state index contributed by atoms with van der Waals surface area (Å²) in [6.45, 7) is 5.19. The highest BCUT2D eigenvalue weighted by molar-refractivity contribution is 5.95. The van der Waals surface area contributed by atoms with Crippen LogP contribution in [-0.4, -0.2) is 36.2 Å². The van der Waals surface area contributed by atoms with Crippen LogP contribution >= 0.6 is 0 Å². The van der Waals surface area contributed by atoms with Crippen molar-refractivity contribution >= 4 is 11.9 Å². The molecule has 0 aromatic heterocycles. The molecule has 1 aliphatic carbocycles. The molecule has 0 bridgehead atoms. The van der Waals surface area contributed by atoms with Gasteiger partial charge in [0.25, 0.3) is 5.91 Å². The standard InChI is InChI=1S/C19H27NO5/c1-3-9-24-16-8-6-13(12-17(16)25-10-4-2)18(21)20-15-7-5-14(11-15)19(22)23/h6,8,12,14-15H,3-5,7,9-11H2,1-2H3,(H,20,21)(H,22,23)/t14-,15+/m0/s1. The lowest BCUT2D eigenvalue weighted by Crippen LogP contribution is -2.33. The first-order valence-corrected chi connectivity index (χ1v) is 8.98. The summed E-state index contributed by atoms with van der Waals surface area (Å²) in [6.07, 6.45) is 3.54. The van der Waals surface area contributed by atoms with Crippen molar-refractivity contribution in [2.24, 2.45) is 5.92 Å². The second kappa shape index (κ2) is 9.30. The van der Waals surface area contributed by atoms with E-state index in [2.05, 4.69) is 5.32 Å². The Kier molecular flexibility index (Phi) is 7.10. The zero-order valence-electron chi connectivity index (χ0n) is 14.9. The van der Waals surface area contributed by atoms with Crippen molar-refractivity contribution in [3.8, 4) is 11.5 Å². The Balaban J connectivity index is 2.04. The van der Waals surface area contributed by atoms with E-state index in [1.807, 2.05) is 13.8 Å². The van der Waals surface area contributed by atoms with Gasteiger partial charge >= 0.3 is 5.97 Å². The number of carboxylic acid groups (broad SMARTS) is 1. The third-order valence-electron chi connectivity index (χ3n) is 4.25. The number of carbonyl (C=O) groups is 2. The summed E-state index contributed by atoms with van der Waals surface area (Å²) in [5.74, 6) is -0.154. The zero-order chi connectivity index (χ0) is 18.2. The minimum atomic E-state index is -0.788. The van der Waals surface area contributed by atoms with E-state index in [9.17, 15) is 9.59 Å². The number of nitrogens with one attached hydrogen (secondary N) is 1. The van der Waals surface area contributed by atoms with E-state index in [1.165, 1.54) is 0 Å². The fraction of sp³-hybridized carbons (Fsp3) is 0.579. The summed E-state index contributed by atoms with van der Waals surface area (Å²) in [5, 5.41) is 12.0. The number of amides is 1. The molecule has 0 saturated heterocycles. The highest BCUT2D eigenvalue weighted by Gasteiger charge is 2.30. The Bertz CT molecular complexity index is 601. The largest absolute Gasteiger partial charge is 0.490 e. The fourth-order valence-electron chi connectivity index (χ4n) is 2.91. The number of carboxylic acids is 1. The van der Waals surface area contributed by atoms with Crippen molar-refractivity contribution in [1.82, 2.24) is 5.32 Å². The molecule has 0 heterocycles. The van der Waals surface area contributed by atoms with Crippen LogP contribution in [0.3, 0.4) is 0 Å². The van der Waals surface area contributed by atoms with E-state index in [4.69, 9.17) is 14.6 Å². The molecule has 1 aromatic carbocycles. The Morgan fingerprint density at radius 1 is 1.12 bits per heavy atom. The zero-order valence-corrected chi connectivity index (χ0v) is 14.9. The lowest BCUT2D eigenvalue weighted by Gasteiger charge is -2.15. The Morgan fingerprint density at radius 3 is 2.40 bits per heavy atom. The van der Waals surface area contributed by atoms with Crippen LogP contribution in [0.4, 0.5) is 0 Å². The molecule has 0 unspecified atom stereocenters.